The molecule has 0 aliphatic carbocycles. The van der Waals surface area contributed by atoms with E-state index < -0.39 is 0 Å². The number of alkyl halides is 1. The number of nitrogens with zero attached hydrogens (tertiary/aromatic N) is 1. The summed E-state index contributed by atoms with van der Waals surface area (Å²) in [6.45, 7) is 0. The Morgan fingerprint density at radius 3 is 2.53 bits per heavy atom. The zero-order valence-corrected chi connectivity index (χ0v) is 10.6. The van der Waals surface area contributed by atoms with Gasteiger partial charge in [0.1, 0.15) is 5.75 Å². The van der Waals surface area contributed by atoms with Gasteiger partial charge in [-0.05, 0) is 18.2 Å². The molecule has 0 atom stereocenters. The highest BCUT2D eigenvalue weighted by atomic mass is 79.9. The molecular formula is C13H10BrNO2. The molecule has 0 amide bonds. The monoisotopic (exact) mass is 291 g/mol. The number of rotatable bonds is 4. The van der Waals surface area contributed by atoms with Crippen molar-refractivity contribution >= 4 is 21.7 Å². The third-order valence-corrected chi connectivity index (χ3v) is 2.65. The topological polar surface area (TPSA) is 39.2 Å². The maximum atomic E-state index is 11.4. The Hall–Kier alpha value is -1.68. The fraction of sp³-hybridized carbons (Fsp3) is 0.0769. The Kier molecular flexibility index (Phi) is 3.88. The number of para-hydroxylation sites is 1. The number of carbonyl (C=O) groups excluding carboxylic acids is 1. The average molecular weight is 292 g/mol. The molecule has 0 fully saturated rings. The Labute approximate surface area is 108 Å². The largest absolute Gasteiger partial charge is 0.439 e. The normalized spacial score (nSPS) is 9.94. The summed E-state index contributed by atoms with van der Waals surface area (Å²) in [5.41, 5.74) is 0.572. The molecule has 0 saturated carbocycles. The van der Waals surface area contributed by atoms with Gasteiger partial charge in [0.25, 0.3) is 0 Å². The van der Waals surface area contributed by atoms with Crippen LogP contribution in [0.25, 0.3) is 0 Å². The van der Waals surface area contributed by atoms with Gasteiger partial charge in [0.15, 0.2) is 5.78 Å². The predicted octanol–water partition coefficient (Wildman–Crippen LogP) is 3.45. The van der Waals surface area contributed by atoms with Crippen molar-refractivity contribution < 1.29 is 9.53 Å². The van der Waals surface area contributed by atoms with Gasteiger partial charge in [-0.15, -0.1) is 0 Å². The van der Waals surface area contributed by atoms with Gasteiger partial charge in [-0.3, -0.25) is 4.79 Å². The number of pyridine rings is 1. The van der Waals surface area contributed by atoms with E-state index in [1.54, 1.807) is 12.1 Å². The van der Waals surface area contributed by atoms with Crippen LogP contribution in [-0.4, -0.2) is 16.1 Å². The molecule has 0 saturated heterocycles. The second kappa shape index (κ2) is 5.59. The van der Waals surface area contributed by atoms with Gasteiger partial charge in [-0.1, -0.05) is 34.1 Å². The maximum absolute atomic E-state index is 11.4. The van der Waals surface area contributed by atoms with Crippen molar-refractivity contribution in [3.63, 3.8) is 0 Å². The van der Waals surface area contributed by atoms with Crippen molar-refractivity contribution in [2.75, 3.05) is 5.33 Å². The summed E-state index contributed by atoms with van der Waals surface area (Å²) in [5, 5.41) is 0.299. The molecule has 0 spiro atoms. The first kappa shape index (κ1) is 11.8. The van der Waals surface area contributed by atoms with Crippen LogP contribution in [0.3, 0.4) is 0 Å². The van der Waals surface area contributed by atoms with E-state index in [0.717, 1.165) is 5.75 Å². The molecule has 86 valence electrons. The van der Waals surface area contributed by atoms with Crippen LogP contribution < -0.4 is 4.74 Å². The zero-order valence-electron chi connectivity index (χ0n) is 8.97. The van der Waals surface area contributed by atoms with Crippen LogP contribution in [0.4, 0.5) is 0 Å². The third kappa shape index (κ3) is 3.14. The molecule has 2 rings (SSSR count). The van der Waals surface area contributed by atoms with Crippen molar-refractivity contribution in [1.82, 2.24) is 4.98 Å². The summed E-state index contributed by atoms with van der Waals surface area (Å²) in [6, 6.07) is 12.8. The van der Waals surface area contributed by atoms with Crippen molar-refractivity contribution in [3.8, 4) is 11.6 Å². The van der Waals surface area contributed by atoms with Gasteiger partial charge < -0.3 is 4.74 Å². The molecule has 1 aromatic heterocycles. The molecule has 0 radical (unpaired) electrons. The number of halogens is 1. The molecule has 0 N–H and O–H groups in total. The Balaban J connectivity index is 2.11. The lowest BCUT2D eigenvalue weighted by molar-refractivity contribution is 0.102. The van der Waals surface area contributed by atoms with E-state index >= 15 is 0 Å². The van der Waals surface area contributed by atoms with E-state index in [2.05, 4.69) is 20.9 Å². The number of Topliss-reactive ketones (excluding diaryl/α,β-unsaturated/α-hetero) is 1. The molecule has 0 bridgehead atoms. The molecule has 17 heavy (non-hydrogen) atoms. The molecular weight excluding hydrogens is 282 g/mol. The van der Waals surface area contributed by atoms with E-state index in [0.29, 0.717) is 16.8 Å². The van der Waals surface area contributed by atoms with Gasteiger partial charge in [0.05, 0.1) is 5.33 Å². The summed E-state index contributed by atoms with van der Waals surface area (Å²) in [6.07, 6.45) is 1.52. The summed E-state index contributed by atoms with van der Waals surface area (Å²) in [5.74, 6) is 1.20. The molecule has 0 unspecified atom stereocenters. The van der Waals surface area contributed by atoms with Crippen molar-refractivity contribution in [3.05, 3.63) is 54.2 Å². The molecule has 0 aliphatic rings. The quantitative estimate of drug-likeness (QED) is 0.640. The molecule has 1 heterocycles. The highest BCUT2D eigenvalue weighted by Gasteiger charge is 2.04. The maximum Gasteiger partial charge on any atom is 0.219 e. The second-order valence-corrected chi connectivity index (χ2v) is 3.92. The lowest BCUT2D eigenvalue weighted by Gasteiger charge is -2.04. The highest BCUT2D eigenvalue weighted by molar-refractivity contribution is 9.09. The third-order valence-electron chi connectivity index (χ3n) is 2.15. The molecule has 3 nitrogen and oxygen atoms in total. The lowest BCUT2D eigenvalue weighted by atomic mass is 10.2. The van der Waals surface area contributed by atoms with Crippen LogP contribution in [0.1, 0.15) is 10.4 Å². The summed E-state index contributed by atoms with van der Waals surface area (Å²) in [7, 11) is 0. The van der Waals surface area contributed by atoms with E-state index in [1.165, 1.54) is 6.20 Å². The van der Waals surface area contributed by atoms with Gasteiger partial charge >= 0.3 is 0 Å². The Bertz CT molecular complexity index is 497. The first-order chi connectivity index (χ1) is 8.29. The van der Waals surface area contributed by atoms with Crippen LogP contribution >= 0.6 is 15.9 Å². The summed E-state index contributed by atoms with van der Waals surface area (Å²) < 4.78 is 5.51. The van der Waals surface area contributed by atoms with E-state index in [4.69, 9.17) is 4.74 Å². The minimum atomic E-state index is 0.00348. The van der Waals surface area contributed by atoms with E-state index in [-0.39, 0.29) is 5.78 Å². The standard InChI is InChI=1S/C13H10BrNO2/c14-8-12(16)10-6-7-13(15-9-10)17-11-4-2-1-3-5-11/h1-7,9H,8H2. The lowest BCUT2D eigenvalue weighted by Crippen LogP contribution is -2.00. The molecule has 0 aliphatic heterocycles. The van der Waals surface area contributed by atoms with Gasteiger partial charge in [0.2, 0.25) is 5.88 Å². The number of hydrogen-bond acceptors (Lipinski definition) is 3. The number of carbonyl (C=O) groups is 1. The number of hydrogen-bond donors (Lipinski definition) is 0. The fourth-order valence-corrected chi connectivity index (χ4v) is 1.62. The van der Waals surface area contributed by atoms with E-state index in [9.17, 15) is 4.79 Å². The average Bonchev–Trinajstić information content (AvgIpc) is 2.40. The summed E-state index contributed by atoms with van der Waals surface area (Å²) in [4.78, 5) is 15.4. The van der Waals surface area contributed by atoms with Gasteiger partial charge in [-0.2, -0.15) is 0 Å². The number of benzene rings is 1. The van der Waals surface area contributed by atoms with Crippen LogP contribution in [0.15, 0.2) is 48.7 Å². The molecule has 4 heteroatoms. The Morgan fingerprint density at radius 2 is 1.94 bits per heavy atom. The number of ketones is 1. The summed E-state index contributed by atoms with van der Waals surface area (Å²) >= 11 is 3.12. The SMILES string of the molecule is O=C(CBr)c1ccc(Oc2ccccc2)nc1. The fourth-order valence-electron chi connectivity index (χ4n) is 1.29. The second-order valence-electron chi connectivity index (χ2n) is 3.36. The van der Waals surface area contributed by atoms with Crippen molar-refractivity contribution in [2.45, 2.75) is 0 Å². The first-order valence-electron chi connectivity index (χ1n) is 5.08. The molecule has 1 aromatic carbocycles. The minimum absolute atomic E-state index is 0.00348. The first-order valence-corrected chi connectivity index (χ1v) is 6.20. The van der Waals surface area contributed by atoms with Crippen LogP contribution in [-0.2, 0) is 0 Å². The predicted molar refractivity (Wildman–Crippen MR) is 68.9 cm³/mol. The number of aromatic nitrogens is 1. The van der Waals surface area contributed by atoms with Gasteiger partial charge in [-0.25, -0.2) is 4.98 Å². The van der Waals surface area contributed by atoms with Crippen molar-refractivity contribution in [1.29, 1.82) is 0 Å². The highest BCUT2D eigenvalue weighted by Crippen LogP contribution is 2.18. The Morgan fingerprint density at radius 1 is 1.18 bits per heavy atom. The zero-order chi connectivity index (χ0) is 12.1. The minimum Gasteiger partial charge on any atom is -0.439 e. The van der Waals surface area contributed by atoms with Crippen LogP contribution in [0.2, 0.25) is 0 Å². The smallest absolute Gasteiger partial charge is 0.219 e. The van der Waals surface area contributed by atoms with E-state index in [1.807, 2.05) is 30.3 Å². The van der Waals surface area contributed by atoms with Gasteiger partial charge in [0, 0.05) is 17.8 Å². The number of ether oxygens (including phenoxy) is 1. The van der Waals surface area contributed by atoms with Crippen LogP contribution in [0.5, 0.6) is 11.6 Å². The van der Waals surface area contributed by atoms with Crippen LogP contribution in [0, 0.1) is 0 Å². The molecule has 2 aromatic rings. The van der Waals surface area contributed by atoms with Crippen molar-refractivity contribution in [2.24, 2.45) is 0 Å².